The van der Waals surface area contributed by atoms with Crippen LogP contribution in [0, 0.1) is 0 Å². The second kappa shape index (κ2) is 5.21. The fourth-order valence-corrected chi connectivity index (χ4v) is 1.88. The third-order valence-corrected chi connectivity index (χ3v) is 2.93. The molecule has 0 saturated carbocycles. The summed E-state index contributed by atoms with van der Waals surface area (Å²) in [7, 11) is 0. The highest BCUT2D eigenvalue weighted by Crippen LogP contribution is 2.20. The van der Waals surface area contributed by atoms with Gasteiger partial charge in [-0.2, -0.15) is 0 Å². The molecule has 2 nitrogen and oxygen atoms in total. The zero-order valence-electron chi connectivity index (χ0n) is 8.77. The molecule has 4 heteroatoms. The Bertz CT molecular complexity index is 550. The van der Waals surface area contributed by atoms with Crippen LogP contribution < -0.4 is 0 Å². The fraction of sp³-hybridized carbons (Fsp3) is 0. The maximum Gasteiger partial charge on any atom is 0.118 e. The van der Waals surface area contributed by atoms with E-state index in [1.54, 1.807) is 36.4 Å². The van der Waals surface area contributed by atoms with Crippen molar-refractivity contribution in [1.82, 2.24) is 0 Å². The van der Waals surface area contributed by atoms with Gasteiger partial charge in [-0.3, -0.25) is 0 Å². The van der Waals surface area contributed by atoms with Crippen molar-refractivity contribution < 1.29 is 5.21 Å². The van der Waals surface area contributed by atoms with Gasteiger partial charge in [0.15, 0.2) is 0 Å². The van der Waals surface area contributed by atoms with Gasteiger partial charge in [0.2, 0.25) is 0 Å². The molecule has 0 amide bonds. The highest BCUT2D eigenvalue weighted by Gasteiger charge is 2.10. The van der Waals surface area contributed by atoms with Crippen molar-refractivity contribution in [2.45, 2.75) is 0 Å². The van der Waals surface area contributed by atoms with E-state index < -0.39 is 0 Å². The minimum Gasteiger partial charge on any atom is -0.410 e. The number of oxime groups is 1. The summed E-state index contributed by atoms with van der Waals surface area (Å²) in [6.45, 7) is 0. The number of hydrogen-bond acceptors (Lipinski definition) is 2. The maximum absolute atomic E-state index is 9.12. The zero-order valence-corrected chi connectivity index (χ0v) is 10.3. The highest BCUT2D eigenvalue weighted by molar-refractivity contribution is 6.35. The number of benzene rings is 2. The van der Waals surface area contributed by atoms with E-state index in [1.807, 2.05) is 12.1 Å². The van der Waals surface area contributed by atoms with Crippen LogP contribution in [0.25, 0.3) is 0 Å². The van der Waals surface area contributed by atoms with Crippen LogP contribution in [0.15, 0.2) is 53.7 Å². The average Bonchev–Trinajstić information content (AvgIpc) is 2.35. The molecule has 2 aromatic rings. The summed E-state index contributed by atoms with van der Waals surface area (Å²) in [5, 5.41) is 13.6. The van der Waals surface area contributed by atoms with Gasteiger partial charge in [0.05, 0.1) is 5.02 Å². The van der Waals surface area contributed by atoms with E-state index in [4.69, 9.17) is 28.4 Å². The number of nitrogens with zero attached hydrogens (tertiary/aromatic N) is 1. The van der Waals surface area contributed by atoms with Gasteiger partial charge in [-0.25, -0.2) is 0 Å². The van der Waals surface area contributed by atoms with E-state index in [0.29, 0.717) is 21.3 Å². The van der Waals surface area contributed by atoms with Gasteiger partial charge >= 0.3 is 0 Å². The smallest absolute Gasteiger partial charge is 0.118 e. The van der Waals surface area contributed by atoms with Crippen LogP contribution in [-0.2, 0) is 0 Å². The lowest BCUT2D eigenvalue weighted by Crippen LogP contribution is -2.03. The topological polar surface area (TPSA) is 32.6 Å². The van der Waals surface area contributed by atoms with E-state index in [1.165, 1.54) is 0 Å². The van der Waals surface area contributed by atoms with Gasteiger partial charge in [-0.05, 0) is 18.2 Å². The third kappa shape index (κ3) is 2.60. The Balaban J connectivity index is 2.49. The first-order valence-electron chi connectivity index (χ1n) is 4.95. The molecule has 0 saturated heterocycles. The van der Waals surface area contributed by atoms with Crippen molar-refractivity contribution in [2.24, 2.45) is 5.16 Å². The van der Waals surface area contributed by atoms with E-state index in [0.717, 1.165) is 5.56 Å². The van der Waals surface area contributed by atoms with Crippen molar-refractivity contribution >= 4 is 28.9 Å². The molecular weight excluding hydrogens is 257 g/mol. The minimum absolute atomic E-state index is 0.423. The van der Waals surface area contributed by atoms with Crippen molar-refractivity contribution in [3.8, 4) is 0 Å². The molecule has 0 spiro atoms. The van der Waals surface area contributed by atoms with Crippen molar-refractivity contribution in [3.05, 3.63) is 69.7 Å². The van der Waals surface area contributed by atoms with Crippen LogP contribution in [0.5, 0.6) is 0 Å². The molecule has 2 rings (SSSR count). The molecule has 0 bridgehead atoms. The summed E-state index contributed by atoms with van der Waals surface area (Å²) < 4.78 is 0. The molecule has 0 aromatic heterocycles. The van der Waals surface area contributed by atoms with Gasteiger partial charge in [0.25, 0.3) is 0 Å². The van der Waals surface area contributed by atoms with Crippen LogP contribution in [0.4, 0.5) is 0 Å². The lowest BCUT2D eigenvalue weighted by molar-refractivity contribution is 0.319. The van der Waals surface area contributed by atoms with Crippen LogP contribution in [0.3, 0.4) is 0 Å². The predicted molar refractivity (Wildman–Crippen MR) is 70.3 cm³/mol. The lowest BCUT2D eigenvalue weighted by atomic mass is 10.0. The Morgan fingerprint density at radius 2 is 1.59 bits per heavy atom. The number of hydrogen-bond donors (Lipinski definition) is 1. The second-order valence-corrected chi connectivity index (χ2v) is 4.28. The SMILES string of the molecule is O/N=C(\c1ccc(Cl)cc1)c1ccccc1Cl. The standard InChI is InChI=1S/C13H9Cl2NO/c14-10-7-5-9(6-8-10)13(16-17)11-3-1-2-4-12(11)15/h1-8,17H/b16-13+. The van der Waals surface area contributed by atoms with E-state index in [2.05, 4.69) is 5.16 Å². The fourth-order valence-electron chi connectivity index (χ4n) is 1.53. The molecule has 0 unspecified atom stereocenters. The van der Waals surface area contributed by atoms with Crippen LogP contribution in [-0.4, -0.2) is 10.9 Å². The van der Waals surface area contributed by atoms with Gasteiger partial charge < -0.3 is 5.21 Å². The third-order valence-electron chi connectivity index (χ3n) is 2.35. The Kier molecular flexibility index (Phi) is 3.67. The Morgan fingerprint density at radius 1 is 0.941 bits per heavy atom. The van der Waals surface area contributed by atoms with Crippen LogP contribution in [0.2, 0.25) is 10.0 Å². The number of halogens is 2. The molecule has 0 heterocycles. The molecule has 0 fully saturated rings. The van der Waals surface area contributed by atoms with E-state index in [-0.39, 0.29) is 0 Å². The van der Waals surface area contributed by atoms with Gasteiger partial charge in [-0.1, -0.05) is 58.7 Å². The first kappa shape index (κ1) is 12.0. The molecule has 1 N–H and O–H groups in total. The monoisotopic (exact) mass is 265 g/mol. The molecule has 0 aliphatic heterocycles. The molecule has 17 heavy (non-hydrogen) atoms. The molecule has 0 radical (unpaired) electrons. The summed E-state index contributed by atoms with van der Waals surface area (Å²) in [5.74, 6) is 0. The minimum atomic E-state index is 0.423. The normalized spacial score (nSPS) is 11.5. The number of rotatable bonds is 2. The van der Waals surface area contributed by atoms with E-state index in [9.17, 15) is 0 Å². The quantitative estimate of drug-likeness (QED) is 0.492. The maximum atomic E-state index is 9.12. The summed E-state index contributed by atoms with van der Waals surface area (Å²) in [5.41, 5.74) is 1.86. The Morgan fingerprint density at radius 3 is 2.18 bits per heavy atom. The van der Waals surface area contributed by atoms with Gasteiger partial charge in [0, 0.05) is 16.1 Å². The Hall–Kier alpha value is -1.51. The molecular formula is C13H9Cl2NO. The zero-order chi connectivity index (χ0) is 12.3. The Labute approximate surface area is 109 Å². The van der Waals surface area contributed by atoms with Gasteiger partial charge in [-0.15, -0.1) is 0 Å². The van der Waals surface area contributed by atoms with Crippen LogP contribution >= 0.6 is 23.2 Å². The predicted octanol–water partition coefficient (Wildman–Crippen LogP) is 4.22. The molecule has 86 valence electrons. The highest BCUT2D eigenvalue weighted by atomic mass is 35.5. The average molecular weight is 266 g/mol. The molecule has 0 aliphatic rings. The van der Waals surface area contributed by atoms with Gasteiger partial charge in [0.1, 0.15) is 5.71 Å². The lowest BCUT2D eigenvalue weighted by Gasteiger charge is -2.06. The molecule has 0 atom stereocenters. The summed E-state index contributed by atoms with van der Waals surface area (Å²) >= 11 is 11.9. The summed E-state index contributed by atoms with van der Waals surface area (Å²) in [6, 6.07) is 14.2. The summed E-state index contributed by atoms with van der Waals surface area (Å²) in [4.78, 5) is 0. The second-order valence-electron chi connectivity index (χ2n) is 3.44. The first-order chi connectivity index (χ1) is 8.22. The molecule has 2 aromatic carbocycles. The van der Waals surface area contributed by atoms with Crippen LogP contribution in [0.1, 0.15) is 11.1 Å². The first-order valence-corrected chi connectivity index (χ1v) is 5.71. The summed E-state index contributed by atoms with van der Waals surface area (Å²) in [6.07, 6.45) is 0. The van der Waals surface area contributed by atoms with Crippen molar-refractivity contribution in [3.63, 3.8) is 0 Å². The van der Waals surface area contributed by atoms with E-state index >= 15 is 0 Å². The van der Waals surface area contributed by atoms with Crippen molar-refractivity contribution in [1.29, 1.82) is 0 Å². The molecule has 0 aliphatic carbocycles. The largest absolute Gasteiger partial charge is 0.410 e. The van der Waals surface area contributed by atoms with Crippen molar-refractivity contribution in [2.75, 3.05) is 0 Å².